The highest BCUT2D eigenvalue weighted by molar-refractivity contribution is 6.04. The van der Waals surface area contributed by atoms with Crippen molar-refractivity contribution in [3.8, 4) is 22.9 Å². The molecule has 1 amide bonds. The molecule has 5 heterocycles. The Morgan fingerprint density at radius 1 is 1.08 bits per heavy atom. The van der Waals surface area contributed by atoms with Crippen LogP contribution in [-0.4, -0.2) is 114 Å². The molecule has 0 aliphatic carbocycles. The van der Waals surface area contributed by atoms with E-state index in [1.54, 1.807) is 19.4 Å². The van der Waals surface area contributed by atoms with Crippen molar-refractivity contribution < 1.29 is 32.2 Å². The zero-order valence-electron chi connectivity index (χ0n) is 28.4. The number of carbonyl (C=O) groups is 1. The molecule has 266 valence electrons. The van der Waals surface area contributed by atoms with Crippen molar-refractivity contribution in [1.29, 1.82) is 0 Å². The molecule has 2 aromatic carbocycles. The molecule has 0 atom stereocenters. The molecule has 2 aromatic heterocycles. The molecule has 11 nitrogen and oxygen atoms in total. The van der Waals surface area contributed by atoms with E-state index in [2.05, 4.69) is 26.6 Å². The lowest BCUT2D eigenvalue weighted by Gasteiger charge is -2.54. The van der Waals surface area contributed by atoms with Crippen molar-refractivity contribution in [1.82, 2.24) is 30.0 Å². The molecule has 3 aliphatic heterocycles. The molecule has 1 N–H and O–H groups in total. The summed E-state index contributed by atoms with van der Waals surface area (Å²) in [6.07, 6.45) is 1.48. The van der Waals surface area contributed by atoms with Crippen molar-refractivity contribution in [3.05, 3.63) is 48.7 Å². The number of ether oxygens (including phenoxy) is 3. The molecule has 3 fully saturated rings. The van der Waals surface area contributed by atoms with Gasteiger partial charge < -0.3 is 28.9 Å². The number of aryl methyl sites for hydroxylation is 1. The number of halogens is 3. The summed E-state index contributed by atoms with van der Waals surface area (Å²) in [5, 5.41) is 8.49. The number of hydrogen-bond acceptors (Lipinski definition) is 9. The molecule has 1 spiro atoms. The molecule has 7 rings (SSSR count). The first-order valence-electron chi connectivity index (χ1n) is 17.1. The Hall–Kier alpha value is -4.43. The van der Waals surface area contributed by atoms with Gasteiger partial charge in [0, 0.05) is 74.7 Å². The van der Waals surface area contributed by atoms with E-state index in [0.29, 0.717) is 55.1 Å². The minimum atomic E-state index is -4.58. The number of nitrogens with one attached hydrogen (secondary N) is 1. The molecule has 3 aliphatic rings. The number of piperidine rings is 2. The van der Waals surface area contributed by atoms with E-state index >= 15 is 0 Å². The molecule has 14 heteroatoms. The molecule has 0 bridgehead atoms. The normalized spacial score (nSPS) is 18.5. The van der Waals surface area contributed by atoms with Crippen LogP contribution >= 0.6 is 0 Å². The van der Waals surface area contributed by atoms with E-state index in [1.807, 2.05) is 30.0 Å². The van der Waals surface area contributed by atoms with Gasteiger partial charge in [0.15, 0.2) is 12.4 Å². The zero-order valence-corrected chi connectivity index (χ0v) is 28.4. The number of fused-ring (bicyclic) bond motifs is 2. The van der Waals surface area contributed by atoms with Gasteiger partial charge in [0.1, 0.15) is 17.4 Å². The third kappa shape index (κ3) is 6.82. The van der Waals surface area contributed by atoms with E-state index in [-0.39, 0.29) is 34.7 Å². The number of rotatable bonds is 10. The quantitative estimate of drug-likeness (QED) is 0.215. The second-order valence-electron chi connectivity index (χ2n) is 13.7. The predicted molar refractivity (Wildman–Crippen MR) is 184 cm³/mol. The highest BCUT2D eigenvalue weighted by Gasteiger charge is 2.46. The van der Waals surface area contributed by atoms with E-state index in [1.165, 1.54) is 6.08 Å². The zero-order chi connectivity index (χ0) is 35.0. The number of anilines is 1. The standard InChI is InChI=1S/C36H42F3N7O4/c1-4-29(47)46-20-35(21-46)11-15-45(16-12-35)33-26-7-6-25(30-23(2)5-8-28-27(30)19-40-43-28)32(49-22-36(37,38)39)31(26)41-34(42-33)50-24-9-13-44(14-10-24)17-18-48-3/h4-8,19,24H,1,9-18,20-22H2,2-3H3,(H,40,43). The first-order valence-corrected chi connectivity index (χ1v) is 17.1. The fourth-order valence-electron chi connectivity index (χ4n) is 7.59. The third-order valence-electron chi connectivity index (χ3n) is 10.3. The SMILES string of the molecule is C=CC(=O)N1CC2(CCN(c3nc(OC4CCN(CCOC)CC4)nc4c(OCC(F)(F)F)c(-c5c(C)ccc6[nH]ncc56)ccc34)CC2)C1. The fourth-order valence-corrected chi connectivity index (χ4v) is 7.59. The monoisotopic (exact) mass is 693 g/mol. The maximum absolute atomic E-state index is 13.8. The Morgan fingerprint density at radius 3 is 2.54 bits per heavy atom. The number of methoxy groups -OCH3 is 1. The van der Waals surface area contributed by atoms with Gasteiger partial charge in [-0.3, -0.25) is 9.89 Å². The summed E-state index contributed by atoms with van der Waals surface area (Å²) in [4.78, 5) is 28.2. The maximum Gasteiger partial charge on any atom is 0.422 e. The minimum Gasteiger partial charge on any atom is -0.481 e. The van der Waals surface area contributed by atoms with Crippen LogP contribution in [0.25, 0.3) is 32.9 Å². The molecule has 0 unspecified atom stereocenters. The smallest absolute Gasteiger partial charge is 0.422 e. The molecule has 4 aromatic rings. The first-order chi connectivity index (χ1) is 24.1. The number of aromatic amines is 1. The van der Waals surface area contributed by atoms with Crippen molar-refractivity contribution in [2.24, 2.45) is 5.41 Å². The molecular formula is C36H42F3N7O4. The number of amides is 1. The summed E-state index contributed by atoms with van der Waals surface area (Å²) in [6, 6.07) is 7.57. The van der Waals surface area contributed by atoms with Gasteiger partial charge in [-0.2, -0.15) is 28.2 Å². The lowest BCUT2D eigenvalue weighted by molar-refractivity contribution is -0.153. The largest absolute Gasteiger partial charge is 0.481 e. The Labute approximate surface area is 288 Å². The fraction of sp³-hybridized carbons (Fsp3) is 0.500. The number of nitrogens with zero attached hydrogens (tertiary/aromatic N) is 6. The van der Waals surface area contributed by atoms with Crippen molar-refractivity contribution in [3.63, 3.8) is 0 Å². The summed E-state index contributed by atoms with van der Waals surface area (Å²) >= 11 is 0. The van der Waals surface area contributed by atoms with Gasteiger partial charge in [-0.15, -0.1) is 0 Å². The average molecular weight is 694 g/mol. The van der Waals surface area contributed by atoms with Crippen LogP contribution in [0.15, 0.2) is 43.1 Å². The number of aromatic nitrogens is 4. The highest BCUT2D eigenvalue weighted by atomic mass is 19.4. The molecular weight excluding hydrogens is 651 g/mol. The van der Waals surface area contributed by atoms with Gasteiger partial charge in [-0.25, -0.2) is 0 Å². The lowest BCUT2D eigenvalue weighted by atomic mass is 9.72. The number of benzene rings is 2. The molecule has 50 heavy (non-hydrogen) atoms. The second-order valence-corrected chi connectivity index (χ2v) is 13.7. The van der Waals surface area contributed by atoms with E-state index < -0.39 is 12.8 Å². The van der Waals surface area contributed by atoms with E-state index in [0.717, 1.165) is 61.8 Å². The number of carbonyl (C=O) groups excluding carboxylic acids is 1. The van der Waals surface area contributed by atoms with Gasteiger partial charge in [0.05, 0.1) is 18.3 Å². The van der Waals surface area contributed by atoms with Crippen molar-refractivity contribution >= 4 is 33.5 Å². The van der Waals surface area contributed by atoms with Gasteiger partial charge in [0.25, 0.3) is 0 Å². The Morgan fingerprint density at radius 2 is 1.84 bits per heavy atom. The van der Waals surface area contributed by atoms with Crippen LogP contribution in [-0.2, 0) is 9.53 Å². The van der Waals surface area contributed by atoms with Crippen LogP contribution in [0.2, 0.25) is 0 Å². The van der Waals surface area contributed by atoms with Gasteiger partial charge >= 0.3 is 12.2 Å². The topological polar surface area (TPSA) is 109 Å². The summed E-state index contributed by atoms with van der Waals surface area (Å²) in [6.45, 7) is 9.86. The Bertz CT molecular complexity index is 1870. The summed E-state index contributed by atoms with van der Waals surface area (Å²) in [5.74, 6) is 0.553. The Balaban J connectivity index is 1.29. The van der Waals surface area contributed by atoms with E-state index in [4.69, 9.17) is 24.2 Å². The van der Waals surface area contributed by atoms with Gasteiger partial charge in [0.2, 0.25) is 5.91 Å². The van der Waals surface area contributed by atoms with Crippen LogP contribution in [0.3, 0.4) is 0 Å². The number of hydrogen-bond donors (Lipinski definition) is 1. The summed E-state index contributed by atoms with van der Waals surface area (Å²) < 4.78 is 58.8. The number of H-pyrrole nitrogens is 1. The molecule has 0 radical (unpaired) electrons. The van der Waals surface area contributed by atoms with Crippen LogP contribution in [0.4, 0.5) is 19.0 Å². The van der Waals surface area contributed by atoms with Gasteiger partial charge in [-0.05, 0) is 68.0 Å². The first kappa shape index (κ1) is 34.0. The molecule has 3 saturated heterocycles. The number of likely N-dealkylation sites (tertiary alicyclic amines) is 2. The van der Waals surface area contributed by atoms with Crippen LogP contribution in [0, 0.1) is 12.3 Å². The Kier molecular flexibility index (Phi) is 9.33. The lowest BCUT2D eigenvalue weighted by Crippen LogP contribution is -2.61. The predicted octanol–water partition coefficient (Wildman–Crippen LogP) is 5.53. The molecule has 0 saturated carbocycles. The van der Waals surface area contributed by atoms with Crippen LogP contribution in [0.1, 0.15) is 31.2 Å². The second kappa shape index (κ2) is 13.7. The summed E-state index contributed by atoms with van der Waals surface area (Å²) in [5.41, 5.74) is 3.09. The van der Waals surface area contributed by atoms with E-state index in [9.17, 15) is 18.0 Å². The van der Waals surface area contributed by atoms with Gasteiger partial charge in [-0.1, -0.05) is 12.6 Å². The van der Waals surface area contributed by atoms with Crippen LogP contribution in [0.5, 0.6) is 11.8 Å². The third-order valence-corrected chi connectivity index (χ3v) is 10.3. The van der Waals surface area contributed by atoms with Crippen molar-refractivity contribution in [2.45, 2.75) is 44.9 Å². The summed E-state index contributed by atoms with van der Waals surface area (Å²) in [7, 11) is 1.69. The van der Waals surface area contributed by atoms with Crippen LogP contribution < -0.4 is 14.4 Å². The number of alkyl halides is 3. The maximum atomic E-state index is 13.8. The highest BCUT2D eigenvalue weighted by Crippen LogP contribution is 2.46. The van der Waals surface area contributed by atoms with Crippen molar-refractivity contribution in [2.75, 3.05) is 71.0 Å². The average Bonchev–Trinajstić information content (AvgIpc) is 3.57. The minimum absolute atomic E-state index is 0.0190.